The summed E-state index contributed by atoms with van der Waals surface area (Å²) in [5.41, 5.74) is 1.15. The minimum atomic E-state index is 0.0179. The molecule has 1 aromatic rings. The maximum Gasteiger partial charge on any atom is 0.0675 e. The van der Waals surface area contributed by atoms with Crippen LogP contribution in [0.5, 0.6) is 0 Å². The van der Waals surface area contributed by atoms with Crippen molar-refractivity contribution in [3.63, 3.8) is 0 Å². The number of halogens is 1. The second kappa shape index (κ2) is 5.89. The van der Waals surface area contributed by atoms with E-state index in [0.29, 0.717) is 0 Å². The van der Waals surface area contributed by atoms with Gasteiger partial charge in [0.05, 0.1) is 12.0 Å². The minimum absolute atomic E-state index is 0.0179. The zero-order chi connectivity index (χ0) is 11.3. The predicted molar refractivity (Wildman–Crippen MR) is 65.3 cm³/mol. The van der Waals surface area contributed by atoms with E-state index >= 15 is 0 Å². The lowest BCUT2D eigenvalue weighted by atomic mass is 9.92. The van der Waals surface area contributed by atoms with Crippen molar-refractivity contribution in [3.8, 4) is 6.07 Å². The number of rotatable bonds is 4. The van der Waals surface area contributed by atoms with Gasteiger partial charge in [0, 0.05) is 10.5 Å². The lowest BCUT2D eigenvalue weighted by Crippen LogP contribution is -2.23. The molecule has 0 saturated carbocycles. The average Bonchev–Trinajstić information content (AvgIpc) is 2.25. The molecular formula is C12H15BrN2. The molecule has 0 spiro atoms. The van der Waals surface area contributed by atoms with Crippen molar-refractivity contribution in [1.29, 1.82) is 5.26 Å². The number of hydrogen-bond donors (Lipinski definition) is 1. The monoisotopic (exact) mass is 266 g/mol. The van der Waals surface area contributed by atoms with E-state index < -0.39 is 0 Å². The minimum Gasteiger partial charge on any atom is -0.312 e. The lowest BCUT2D eigenvalue weighted by molar-refractivity contribution is 0.449. The van der Waals surface area contributed by atoms with E-state index in [-0.39, 0.29) is 12.0 Å². The van der Waals surface area contributed by atoms with Crippen LogP contribution in [0.25, 0.3) is 0 Å². The SMILES string of the molecule is CCC(C#N)C(NC)c1cccc(Br)c1. The van der Waals surface area contributed by atoms with Gasteiger partial charge in [-0.05, 0) is 31.2 Å². The molecule has 15 heavy (non-hydrogen) atoms. The van der Waals surface area contributed by atoms with Crippen LogP contribution in [0, 0.1) is 17.2 Å². The van der Waals surface area contributed by atoms with Crippen LogP contribution in [0.1, 0.15) is 24.9 Å². The van der Waals surface area contributed by atoms with Crippen LogP contribution in [0.2, 0.25) is 0 Å². The van der Waals surface area contributed by atoms with Crippen LogP contribution in [-0.2, 0) is 0 Å². The van der Waals surface area contributed by atoms with Gasteiger partial charge in [-0.1, -0.05) is 35.0 Å². The van der Waals surface area contributed by atoms with Crippen LogP contribution in [-0.4, -0.2) is 7.05 Å². The summed E-state index contributed by atoms with van der Waals surface area (Å²) in [6.07, 6.45) is 0.856. The van der Waals surface area contributed by atoms with Gasteiger partial charge in [-0.15, -0.1) is 0 Å². The summed E-state index contributed by atoms with van der Waals surface area (Å²) in [6, 6.07) is 10.5. The van der Waals surface area contributed by atoms with Gasteiger partial charge in [0.15, 0.2) is 0 Å². The molecule has 80 valence electrons. The average molecular weight is 267 g/mol. The first-order valence-electron chi connectivity index (χ1n) is 5.05. The van der Waals surface area contributed by atoms with E-state index in [9.17, 15) is 0 Å². The molecule has 0 amide bonds. The second-order valence-corrected chi connectivity index (χ2v) is 4.38. The fourth-order valence-electron chi connectivity index (χ4n) is 1.70. The molecule has 0 aliphatic heterocycles. The zero-order valence-corrected chi connectivity index (χ0v) is 10.6. The van der Waals surface area contributed by atoms with Crippen molar-refractivity contribution in [2.45, 2.75) is 19.4 Å². The summed E-state index contributed by atoms with van der Waals surface area (Å²) >= 11 is 3.44. The molecule has 0 heterocycles. The van der Waals surface area contributed by atoms with E-state index in [2.05, 4.69) is 33.4 Å². The van der Waals surface area contributed by atoms with Crippen LogP contribution in [0.3, 0.4) is 0 Å². The molecule has 0 fully saturated rings. The Balaban J connectivity index is 2.97. The number of benzene rings is 1. The third-order valence-electron chi connectivity index (χ3n) is 2.53. The lowest BCUT2D eigenvalue weighted by Gasteiger charge is -2.20. The molecule has 1 aromatic carbocycles. The summed E-state index contributed by atoms with van der Waals surface area (Å²) < 4.78 is 1.05. The van der Waals surface area contributed by atoms with E-state index in [1.165, 1.54) is 0 Å². The van der Waals surface area contributed by atoms with E-state index in [1.54, 1.807) is 0 Å². The van der Waals surface area contributed by atoms with Crippen molar-refractivity contribution >= 4 is 15.9 Å². The number of nitriles is 1. The van der Waals surface area contributed by atoms with Crippen molar-refractivity contribution in [2.24, 2.45) is 5.92 Å². The van der Waals surface area contributed by atoms with Crippen LogP contribution in [0.4, 0.5) is 0 Å². The number of hydrogen-bond acceptors (Lipinski definition) is 2. The molecule has 0 aliphatic rings. The second-order valence-electron chi connectivity index (χ2n) is 3.47. The molecule has 1 N–H and O–H groups in total. The largest absolute Gasteiger partial charge is 0.312 e. The van der Waals surface area contributed by atoms with Crippen LogP contribution in [0.15, 0.2) is 28.7 Å². The Labute approximate surface area is 99.4 Å². The fourth-order valence-corrected chi connectivity index (χ4v) is 2.12. The van der Waals surface area contributed by atoms with E-state index in [1.807, 2.05) is 32.2 Å². The summed E-state index contributed by atoms with van der Waals surface area (Å²) in [6.45, 7) is 2.04. The Hall–Kier alpha value is -0.850. The van der Waals surface area contributed by atoms with Crippen LogP contribution >= 0.6 is 15.9 Å². The quantitative estimate of drug-likeness (QED) is 0.908. The molecule has 0 aromatic heterocycles. The van der Waals surface area contributed by atoms with Gasteiger partial charge in [0.25, 0.3) is 0 Å². The molecular weight excluding hydrogens is 252 g/mol. The zero-order valence-electron chi connectivity index (χ0n) is 9.00. The standard InChI is InChI=1S/C12H15BrN2/c1-3-9(8-14)12(15-2)10-5-4-6-11(13)7-10/h4-7,9,12,15H,3H2,1-2H3. The number of nitrogens with one attached hydrogen (secondary N) is 1. The van der Waals surface area contributed by atoms with Crippen molar-refractivity contribution < 1.29 is 0 Å². The molecule has 1 rings (SSSR count). The Bertz CT molecular complexity index is 357. The van der Waals surface area contributed by atoms with Gasteiger partial charge in [0.2, 0.25) is 0 Å². The molecule has 0 saturated heterocycles. The fraction of sp³-hybridized carbons (Fsp3) is 0.417. The maximum absolute atomic E-state index is 9.06. The highest BCUT2D eigenvalue weighted by Gasteiger charge is 2.19. The van der Waals surface area contributed by atoms with Gasteiger partial charge < -0.3 is 5.32 Å². The van der Waals surface area contributed by atoms with Gasteiger partial charge in [-0.2, -0.15) is 5.26 Å². The molecule has 3 heteroatoms. The highest BCUT2D eigenvalue weighted by atomic mass is 79.9. The normalized spacial score (nSPS) is 14.3. The Morgan fingerprint density at radius 3 is 2.73 bits per heavy atom. The molecule has 2 nitrogen and oxygen atoms in total. The van der Waals surface area contributed by atoms with Crippen molar-refractivity contribution in [1.82, 2.24) is 5.32 Å². The topological polar surface area (TPSA) is 35.8 Å². The molecule has 2 unspecified atom stereocenters. The van der Waals surface area contributed by atoms with Gasteiger partial charge in [-0.3, -0.25) is 0 Å². The highest BCUT2D eigenvalue weighted by molar-refractivity contribution is 9.10. The number of nitrogens with zero attached hydrogens (tertiary/aromatic N) is 1. The summed E-state index contributed by atoms with van der Waals surface area (Å²) in [5.74, 6) is 0.0179. The predicted octanol–water partition coefficient (Wildman–Crippen LogP) is 3.26. The Morgan fingerprint density at radius 2 is 2.27 bits per heavy atom. The summed E-state index contributed by atoms with van der Waals surface area (Å²) in [7, 11) is 1.89. The third-order valence-corrected chi connectivity index (χ3v) is 3.02. The smallest absolute Gasteiger partial charge is 0.0675 e. The molecule has 2 atom stereocenters. The van der Waals surface area contributed by atoms with Gasteiger partial charge in [0.1, 0.15) is 0 Å². The van der Waals surface area contributed by atoms with Gasteiger partial charge in [-0.25, -0.2) is 0 Å². The van der Waals surface area contributed by atoms with Crippen molar-refractivity contribution in [2.75, 3.05) is 7.05 Å². The van der Waals surface area contributed by atoms with Gasteiger partial charge >= 0.3 is 0 Å². The molecule has 0 aliphatic carbocycles. The summed E-state index contributed by atoms with van der Waals surface area (Å²) in [5, 5.41) is 12.3. The van der Waals surface area contributed by atoms with E-state index in [0.717, 1.165) is 16.5 Å². The first-order valence-corrected chi connectivity index (χ1v) is 5.84. The van der Waals surface area contributed by atoms with E-state index in [4.69, 9.17) is 5.26 Å². The highest BCUT2D eigenvalue weighted by Crippen LogP contribution is 2.25. The third kappa shape index (κ3) is 3.05. The summed E-state index contributed by atoms with van der Waals surface area (Å²) in [4.78, 5) is 0. The van der Waals surface area contributed by atoms with Crippen LogP contribution < -0.4 is 5.32 Å². The molecule has 0 radical (unpaired) electrons. The Morgan fingerprint density at radius 1 is 1.53 bits per heavy atom. The first kappa shape index (κ1) is 12.2. The van der Waals surface area contributed by atoms with Crippen molar-refractivity contribution in [3.05, 3.63) is 34.3 Å². The molecule has 0 bridgehead atoms. The first-order chi connectivity index (χ1) is 7.22. The maximum atomic E-state index is 9.06. The Kier molecular flexibility index (Phi) is 4.80.